The van der Waals surface area contributed by atoms with E-state index >= 15 is 0 Å². The zero-order chi connectivity index (χ0) is 14.5. The molecule has 2 aromatic heterocycles. The van der Waals surface area contributed by atoms with Gasteiger partial charge in [-0.1, -0.05) is 11.6 Å². The highest BCUT2D eigenvalue weighted by Crippen LogP contribution is 2.17. The molecule has 2 rings (SSSR count). The normalized spacial score (nSPS) is 12.2. The van der Waals surface area contributed by atoms with Gasteiger partial charge in [0.25, 0.3) is 5.91 Å². The van der Waals surface area contributed by atoms with Crippen LogP contribution in [0.3, 0.4) is 0 Å². The van der Waals surface area contributed by atoms with Gasteiger partial charge in [-0.2, -0.15) is 0 Å². The molecule has 0 saturated carbocycles. The number of methoxy groups -OCH3 is 1. The van der Waals surface area contributed by atoms with Crippen molar-refractivity contribution in [3.8, 4) is 0 Å². The topological polar surface area (TPSA) is 64.4 Å². The summed E-state index contributed by atoms with van der Waals surface area (Å²) in [7, 11) is 1.57. The Morgan fingerprint density at radius 2 is 2.25 bits per heavy atom. The molecule has 1 atom stereocenters. The first-order chi connectivity index (χ1) is 9.60. The summed E-state index contributed by atoms with van der Waals surface area (Å²) < 4.78 is 10.6. The highest BCUT2D eigenvalue weighted by atomic mass is 35.5. The van der Waals surface area contributed by atoms with E-state index in [1.807, 2.05) is 19.1 Å². The molecule has 0 bridgehead atoms. The molecule has 0 radical (unpaired) electrons. The van der Waals surface area contributed by atoms with Crippen LogP contribution in [-0.4, -0.2) is 24.6 Å². The molecule has 106 valence electrons. The summed E-state index contributed by atoms with van der Waals surface area (Å²) in [5.41, 5.74) is 0.429. The zero-order valence-corrected chi connectivity index (χ0v) is 12.0. The van der Waals surface area contributed by atoms with E-state index in [1.54, 1.807) is 19.2 Å². The number of aryl methyl sites for hydroxylation is 1. The van der Waals surface area contributed by atoms with Gasteiger partial charge in [0.15, 0.2) is 0 Å². The minimum atomic E-state index is -0.350. The summed E-state index contributed by atoms with van der Waals surface area (Å²) in [6.45, 7) is 2.16. The number of ether oxygens (including phenoxy) is 1. The lowest BCUT2D eigenvalue weighted by Crippen LogP contribution is -2.31. The molecule has 1 amide bonds. The van der Waals surface area contributed by atoms with Crippen molar-refractivity contribution in [1.29, 1.82) is 0 Å². The zero-order valence-electron chi connectivity index (χ0n) is 11.2. The lowest BCUT2D eigenvalue weighted by atomic mass is 10.2. The fraction of sp³-hybridized carbons (Fsp3) is 0.286. The smallest absolute Gasteiger partial charge is 0.253 e. The van der Waals surface area contributed by atoms with Crippen molar-refractivity contribution in [3.63, 3.8) is 0 Å². The number of furan rings is 1. The van der Waals surface area contributed by atoms with E-state index < -0.39 is 0 Å². The van der Waals surface area contributed by atoms with Gasteiger partial charge in [0.05, 0.1) is 12.2 Å². The largest absolute Gasteiger partial charge is 0.464 e. The molecule has 1 N–H and O–H groups in total. The minimum Gasteiger partial charge on any atom is -0.464 e. The SMILES string of the molecule is COCC(NC(=O)c1ccc(Cl)nc1)c1ccc(C)o1. The molecule has 2 aromatic rings. The summed E-state index contributed by atoms with van der Waals surface area (Å²) in [5, 5.41) is 3.19. The van der Waals surface area contributed by atoms with Gasteiger partial charge in [0.1, 0.15) is 22.7 Å². The number of carbonyl (C=O) groups excluding carboxylic acids is 1. The first kappa shape index (κ1) is 14.6. The molecule has 20 heavy (non-hydrogen) atoms. The minimum absolute atomic E-state index is 0.259. The number of rotatable bonds is 5. The standard InChI is InChI=1S/C14H15ClN2O3/c1-9-3-5-12(20-9)11(8-19-2)17-14(18)10-4-6-13(15)16-7-10/h3-7,11H,8H2,1-2H3,(H,17,18). The number of amides is 1. The predicted molar refractivity (Wildman–Crippen MR) is 74.8 cm³/mol. The van der Waals surface area contributed by atoms with Gasteiger partial charge >= 0.3 is 0 Å². The summed E-state index contributed by atoms with van der Waals surface area (Å²) in [4.78, 5) is 16.0. The Morgan fingerprint density at radius 3 is 2.80 bits per heavy atom. The summed E-state index contributed by atoms with van der Waals surface area (Å²) in [6, 6.07) is 6.49. The molecule has 6 heteroatoms. The fourth-order valence-corrected chi connectivity index (χ4v) is 1.87. The van der Waals surface area contributed by atoms with Crippen molar-refractivity contribution >= 4 is 17.5 Å². The molecular formula is C14H15ClN2O3. The number of aromatic nitrogens is 1. The molecule has 0 spiro atoms. The van der Waals surface area contributed by atoms with E-state index in [9.17, 15) is 4.79 Å². The second-order valence-electron chi connectivity index (χ2n) is 4.30. The van der Waals surface area contributed by atoms with Crippen LogP contribution in [0.2, 0.25) is 5.15 Å². The van der Waals surface area contributed by atoms with Gasteiger partial charge in [-0.3, -0.25) is 4.79 Å². The summed E-state index contributed by atoms with van der Waals surface area (Å²) >= 11 is 5.69. The predicted octanol–water partition coefficient (Wildman–Crippen LogP) is 2.75. The van der Waals surface area contributed by atoms with Crippen molar-refractivity contribution < 1.29 is 13.9 Å². The van der Waals surface area contributed by atoms with Gasteiger partial charge in [0.2, 0.25) is 0 Å². The molecule has 0 aromatic carbocycles. The van der Waals surface area contributed by atoms with E-state index in [0.717, 1.165) is 5.76 Å². The van der Waals surface area contributed by atoms with Crippen LogP contribution in [0.5, 0.6) is 0 Å². The van der Waals surface area contributed by atoms with Crippen LogP contribution in [0, 0.1) is 6.92 Å². The number of carbonyl (C=O) groups is 1. The first-order valence-electron chi connectivity index (χ1n) is 6.08. The molecule has 2 heterocycles. The number of nitrogens with one attached hydrogen (secondary N) is 1. The maximum Gasteiger partial charge on any atom is 0.253 e. The van der Waals surface area contributed by atoms with Gasteiger partial charge in [0, 0.05) is 13.3 Å². The second kappa shape index (κ2) is 6.54. The third-order valence-corrected chi connectivity index (χ3v) is 2.96. The lowest BCUT2D eigenvalue weighted by Gasteiger charge is -2.15. The fourth-order valence-electron chi connectivity index (χ4n) is 1.75. The van der Waals surface area contributed by atoms with Crippen molar-refractivity contribution in [2.45, 2.75) is 13.0 Å². The molecule has 0 aliphatic carbocycles. The van der Waals surface area contributed by atoms with Crippen LogP contribution < -0.4 is 5.32 Å². The van der Waals surface area contributed by atoms with Crippen molar-refractivity contribution in [2.24, 2.45) is 0 Å². The van der Waals surface area contributed by atoms with Crippen LogP contribution in [-0.2, 0) is 4.74 Å². The van der Waals surface area contributed by atoms with E-state index in [4.69, 9.17) is 20.8 Å². The lowest BCUT2D eigenvalue weighted by molar-refractivity contribution is 0.0882. The van der Waals surface area contributed by atoms with Crippen molar-refractivity contribution in [1.82, 2.24) is 10.3 Å². The van der Waals surface area contributed by atoms with E-state index in [1.165, 1.54) is 6.20 Å². The number of hydrogen-bond donors (Lipinski definition) is 1. The molecule has 5 nitrogen and oxygen atoms in total. The third-order valence-electron chi connectivity index (χ3n) is 2.73. The van der Waals surface area contributed by atoms with Gasteiger partial charge in [-0.05, 0) is 31.2 Å². The Balaban J connectivity index is 2.11. The summed E-state index contributed by atoms with van der Waals surface area (Å²) in [6.07, 6.45) is 1.43. The maximum absolute atomic E-state index is 12.1. The average molecular weight is 295 g/mol. The monoisotopic (exact) mass is 294 g/mol. The Labute approximate surface area is 121 Å². The molecule has 0 saturated heterocycles. The maximum atomic E-state index is 12.1. The van der Waals surface area contributed by atoms with E-state index in [-0.39, 0.29) is 11.9 Å². The Bertz CT molecular complexity index is 580. The highest BCUT2D eigenvalue weighted by molar-refractivity contribution is 6.29. The second-order valence-corrected chi connectivity index (χ2v) is 4.69. The Hall–Kier alpha value is -1.85. The Morgan fingerprint density at radius 1 is 1.45 bits per heavy atom. The number of nitrogens with zero attached hydrogens (tertiary/aromatic N) is 1. The molecule has 0 aliphatic heterocycles. The van der Waals surface area contributed by atoms with Gasteiger partial charge < -0.3 is 14.5 Å². The van der Waals surface area contributed by atoms with Crippen LogP contribution in [0.4, 0.5) is 0 Å². The third kappa shape index (κ3) is 3.59. The van der Waals surface area contributed by atoms with Crippen molar-refractivity contribution in [3.05, 3.63) is 52.7 Å². The molecule has 0 aliphatic rings. The Kier molecular flexibility index (Phi) is 4.76. The average Bonchev–Trinajstić information content (AvgIpc) is 2.85. The number of halogens is 1. The number of hydrogen-bond acceptors (Lipinski definition) is 4. The van der Waals surface area contributed by atoms with E-state index in [0.29, 0.717) is 23.1 Å². The van der Waals surface area contributed by atoms with E-state index in [2.05, 4.69) is 10.3 Å². The first-order valence-corrected chi connectivity index (χ1v) is 6.45. The van der Waals surface area contributed by atoms with Crippen LogP contribution in [0.15, 0.2) is 34.9 Å². The number of pyridine rings is 1. The van der Waals surface area contributed by atoms with Crippen molar-refractivity contribution in [2.75, 3.05) is 13.7 Å². The van der Waals surface area contributed by atoms with Gasteiger partial charge in [-0.15, -0.1) is 0 Å². The molecular weight excluding hydrogens is 280 g/mol. The quantitative estimate of drug-likeness (QED) is 0.861. The van der Waals surface area contributed by atoms with Crippen LogP contribution in [0.1, 0.15) is 27.9 Å². The summed E-state index contributed by atoms with van der Waals surface area (Å²) in [5.74, 6) is 1.17. The highest BCUT2D eigenvalue weighted by Gasteiger charge is 2.18. The van der Waals surface area contributed by atoms with Crippen LogP contribution in [0.25, 0.3) is 0 Å². The van der Waals surface area contributed by atoms with Gasteiger partial charge in [-0.25, -0.2) is 4.98 Å². The van der Waals surface area contributed by atoms with Crippen LogP contribution >= 0.6 is 11.6 Å². The molecule has 1 unspecified atom stereocenters. The molecule has 0 fully saturated rings.